The van der Waals surface area contributed by atoms with Gasteiger partial charge in [-0.05, 0) is 30.6 Å². The van der Waals surface area contributed by atoms with Crippen molar-refractivity contribution in [3.8, 4) is 6.07 Å². The van der Waals surface area contributed by atoms with E-state index in [1.807, 2.05) is 14.0 Å². The Labute approximate surface area is 145 Å². The van der Waals surface area contributed by atoms with Gasteiger partial charge in [0.25, 0.3) is 0 Å². The maximum absolute atomic E-state index is 12.6. The molecule has 2 aliphatic rings. The molecule has 6 nitrogen and oxygen atoms in total. The number of amides is 1. The fourth-order valence-corrected chi connectivity index (χ4v) is 4.60. The van der Waals surface area contributed by atoms with Crippen LogP contribution >= 0.6 is 0 Å². The van der Waals surface area contributed by atoms with Gasteiger partial charge in [0, 0.05) is 25.3 Å². The van der Waals surface area contributed by atoms with E-state index in [9.17, 15) is 4.79 Å². The van der Waals surface area contributed by atoms with E-state index in [-0.39, 0.29) is 16.7 Å². The zero-order valence-electron chi connectivity index (χ0n) is 15.4. The van der Waals surface area contributed by atoms with Crippen molar-refractivity contribution in [2.75, 3.05) is 20.1 Å². The fourth-order valence-electron chi connectivity index (χ4n) is 4.60. The molecule has 24 heavy (non-hydrogen) atoms. The van der Waals surface area contributed by atoms with Crippen LogP contribution in [0, 0.1) is 34.0 Å². The van der Waals surface area contributed by atoms with Crippen LogP contribution in [0.1, 0.15) is 46.5 Å². The molecule has 1 saturated carbocycles. The number of nitrogens with zero attached hydrogens (tertiary/aromatic N) is 2. The number of nitriles is 1. The molecule has 6 heteroatoms. The Kier molecular flexibility index (Phi) is 5.36. The second kappa shape index (κ2) is 6.81. The van der Waals surface area contributed by atoms with Crippen molar-refractivity contribution in [1.82, 2.24) is 5.32 Å². The molecule has 0 saturated heterocycles. The van der Waals surface area contributed by atoms with Gasteiger partial charge in [0.15, 0.2) is 5.71 Å². The average Bonchev–Trinajstić information content (AvgIpc) is 2.97. The van der Waals surface area contributed by atoms with Gasteiger partial charge in [0.1, 0.15) is 19.5 Å². The number of rotatable bonds is 5. The molecular formula is C18H32N5O+. The number of carbonyl (C=O) groups excluding carboxylic acids is 1. The van der Waals surface area contributed by atoms with E-state index in [1.54, 1.807) is 0 Å². The Morgan fingerprint density at radius 2 is 2.12 bits per heavy atom. The van der Waals surface area contributed by atoms with Gasteiger partial charge in [-0.3, -0.25) is 4.79 Å². The van der Waals surface area contributed by atoms with Gasteiger partial charge in [0.05, 0.1) is 12.2 Å². The van der Waals surface area contributed by atoms with Gasteiger partial charge in [-0.1, -0.05) is 13.8 Å². The van der Waals surface area contributed by atoms with Gasteiger partial charge in [-0.15, -0.1) is 0 Å². The van der Waals surface area contributed by atoms with E-state index in [4.69, 9.17) is 16.7 Å². The van der Waals surface area contributed by atoms with Gasteiger partial charge in [-0.25, -0.2) is 4.58 Å². The van der Waals surface area contributed by atoms with Crippen molar-refractivity contribution in [1.29, 1.82) is 5.26 Å². The summed E-state index contributed by atoms with van der Waals surface area (Å²) in [5.74, 6) is -0.304. The van der Waals surface area contributed by atoms with Gasteiger partial charge in [0.2, 0.25) is 5.91 Å². The third-order valence-corrected chi connectivity index (χ3v) is 6.20. The molecule has 1 aliphatic carbocycles. The van der Waals surface area contributed by atoms with Crippen LogP contribution in [0.25, 0.3) is 0 Å². The van der Waals surface area contributed by atoms with E-state index in [2.05, 4.69) is 29.8 Å². The molecule has 0 radical (unpaired) electrons. The fraction of sp³-hybridized carbons (Fsp3) is 0.833. The highest BCUT2D eigenvalue weighted by molar-refractivity contribution is 6.03. The summed E-state index contributed by atoms with van der Waals surface area (Å²) in [6, 6.07) is 2.32. The lowest BCUT2D eigenvalue weighted by atomic mass is 9.79. The molecule has 134 valence electrons. The predicted octanol–water partition coefficient (Wildman–Crippen LogP) is 0.805. The molecule has 1 aliphatic heterocycles. The minimum atomic E-state index is -0.726. The summed E-state index contributed by atoms with van der Waals surface area (Å²) < 4.78 is 2.14. The van der Waals surface area contributed by atoms with E-state index in [1.165, 1.54) is 0 Å². The molecule has 1 fully saturated rings. The zero-order chi connectivity index (χ0) is 18.1. The zero-order valence-corrected chi connectivity index (χ0v) is 15.4. The van der Waals surface area contributed by atoms with Crippen molar-refractivity contribution in [2.24, 2.45) is 34.1 Å². The SMILES string of the molecule is CCNC(=O)C(C1=[N+](C)CC(CC#N)CC2(C)CC2(C)C1)C(N)N. The van der Waals surface area contributed by atoms with E-state index < -0.39 is 12.1 Å². The Morgan fingerprint density at radius 3 is 2.67 bits per heavy atom. The second-order valence-electron chi connectivity index (χ2n) is 8.23. The quantitative estimate of drug-likeness (QED) is 0.510. The van der Waals surface area contributed by atoms with Crippen LogP contribution in [-0.2, 0) is 4.79 Å². The molecule has 0 aromatic rings. The summed E-state index contributed by atoms with van der Waals surface area (Å²) in [6.07, 6.45) is 2.85. The number of nitrogens with one attached hydrogen (secondary N) is 1. The van der Waals surface area contributed by atoms with Crippen LogP contribution in [0.15, 0.2) is 0 Å². The van der Waals surface area contributed by atoms with Crippen LogP contribution in [0.2, 0.25) is 0 Å². The van der Waals surface area contributed by atoms with E-state index in [0.29, 0.717) is 18.9 Å². The van der Waals surface area contributed by atoms with Crippen molar-refractivity contribution in [3.05, 3.63) is 0 Å². The average molecular weight is 334 g/mol. The van der Waals surface area contributed by atoms with Crippen molar-refractivity contribution in [2.45, 2.75) is 52.6 Å². The third-order valence-electron chi connectivity index (χ3n) is 6.20. The summed E-state index contributed by atoms with van der Waals surface area (Å²) >= 11 is 0. The minimum absolute atomic E-state index is 0.0993. The molecule has 0 spiro atoms. The van der Waals surface area contributed by atoms with E-state index >= 15 is 0 Å². The molecule has 0 aromatic heterocycles. The lowest BCUT2D eigenvalue weighted by molar-refractivity contribution is -0.510. The first-order valence-corrected chi connectivity index (χ1v) is 8.90. The standard InChI is InChI=1S/C18H31N5O/c1-5-22-16(24)14(15(20)21)13-9-18(3)11-17(18,2)8-12(6-7-19)10-23(13)4/h12,14-15H,5-6,8-11,20-21H2,1-4H3/p+1. The minimum Gasteiger partial charge on any atom is -0.356 e. The summed E-state index contributed by atoms with van der Waals surface area (Å²) in [5.41, 5.74) is 13.4. The first-order chi connectivity index (χ1) is 11.2. The molecule has 5 N–H and O–H groups in total. The van der Waals surface area contributed by atoms with Crippen LogP contribution in [0.4, 0.5) is 0 Å². The highest BCUT2D eigenvalue weighted by atomic mass is 16.1. The topological polar surface area (TPSA) is 108 Å². The Morgan fingerprint density at radius 1 is 1.46 bits per heavy atom. The second-order valence-corrected chi connectivity index (χ2v) is 8.23. The monoisotopic (exact) mass is 334 g/mol. The van der Waals surface area contributed by atoms with Gasteiger partial charge < -0.3 is 16.8 Å². The van der Waals surface area contributed by atoms with Crippen LogP contribution in [0.5, 0.6) is 0 Å². The predicted molar refractivity (Wildman–Crippen MR) is 94.2 cm³/mol. The van der Waals surface area contributed by atoms with Gasteiger partial charge in [-0.2, -0.15) is 5.26 Å². The largest absolute Gasteiger partial charge is 0.356 e. The molecule has 1 heterocycles. The van der Waals surface area contributed by atoms with Crippen LogP contribution in [-0.4, -0.2) is 42.5 Å². The molecule has 1 amide bonds. The molecule has 0 bridgehead atoms. The first kappa shape index (κ1) is 18.9. The number of carbonyl (C=O) groups is 1. The lowest BCUT2D eigenvalue weighted by Gasteiger charge is -2.29. The Bertz CT molecular complexity index is 578. The molecule has 4 atom stereocenters. The molecule has 4 unspecified atom stereocenters. The summed E-state index contributed by atoms with van der Waals surface area (Å²) in [5, 5.41) is 12.0. The number of hydrogen-bond acceptors (Lipinski definition) is 4. The Balaban J connectivity index is 2.40. The number of hydrogen-bond donors (Lipinski definition) is 3. The molecular weight excluding hydrogens is 302 g/mol. The van der Waals surface area contributed by atoms with Crippen molar-refractivity contribution in [3.63, 3.8) is 0 Å². The number of nitrogens with two attached hydrogens (primary N) is 2. The highest BCUT2D eigenvalue weighted by Crippen LogP contribution is 2.69. The highest BCUT2D eigenvalue weighted by Gasteiger charge is 2.63. The van der Waals surface area contributed by atoms with Crippen LogP contribution < -0.4 is 16.8 Å². The van der Waals surface area contributed by atoms with Crippen molar-refractivity contribution >= 4 is 11.6 Å². The third kappa shape index (κ3) is 3.47. The molecule has 2 rings (SSSR count). The summed E-state index contributed by atoms with van der Waals surface area (Å²) in [4.78, 5) is 12.6. The normalized spacial score (nSPS) is 34.0. The Hall–Kier alpha value is -1.45. The lowest BCUT2D eigenvalue weighted by Crippen LogP contribution is -2.53. The van der Waals surface area contributed by atoms with Crippen LogP contribution in [0.3, 0.4) is 0 Å². The molecule has 0 aromatic carbocycles. The van der Waals surface area contributed by atoms with Crippen molar-refractivity contribution < 1.29 is 9.37 Å². The number of fused-ring (bicyclic) bond motifs is 1. The smallest absolute Gasteiger partial charge is 0.236 e. The maximum atomic E-state index is 12.6. The van der Waals surface area contributed by atoms with E-state index in [0.717, 1.165) is 31.5 Å². The first-order valence-electron chi connectivity index (χ1n) is 8.90. The summed E-state index contributed by atoms with van der Waals surface area (Å²) in [6.45, 7) is 7.82. The maximum Gasteiger partial charge on any atom is 0.236 e. The summed E-state index contributed by atoms with van der Waals surface area (Å²) in [7, 11) is 2.00. The van der Waals surface area contributed by atoms with Gasteiger partial charge >= 0.3 is 0 Å².